The second-order valence-electron chi connectivity index (χ2n) is 3.47. The van der Waals surface area contributed by atoms with Crippen LogP contribution < -0.4 is 10.8 Å². The Morgan fingerprint density at radius 1 is 1.33 bits per heavy atom. The van der Waals surface area contributed by atoms with Gasteiger partial charge in [-0.3, -0.25) is 9.63 Å². The van der Waals surface area contributed by atoms with E-state index < -0.39 is 0 Å². The second-order valence-corrected chi connectivity index (χ2v) is 3.47. The summed E-state index contributed by atoms with van der Waals surface area (Å²) in [5, 5.41) is 3.29. The molecular weight excluding hydrogens is 156 g/mol. The van der Waals surface area contributed by atoms with Gasteiger partial charge in [0.25, 0.3) is 0 Å². The summed E-state index contributed by atoms with van der Waals surface area (Å²) >= 11 is 0. The lowest BCUT2D eigenvalue weighted by molar-refractivity contribution is -0.124. The predicted molar refractivity (Wildman–Crippen MR) is 43.2 cm³/mol. The average Bonchev–Trinajstić information content (AvgIpc) is 2.54. The van der Waals surface area contributed by atoms with E-state index in [1.165, 1.54) is 0 Å². The maximum atomic E-state index is 10.8. The van der Waals surface area contributed by atoms with E-state index >= 15 is 0 Å². The van der Waals surface area contributed by atoms with Crippen molar-refractivity contribution in [3.05, 3.63) is 0 Å². The van der Waals surface area contributed by atoms with Gasteiger partial charge in [0.05, 0.1) is 12.5 Å². The Morgan fingerprint density at radius 2 is 2.08 bits per heavy atom. The highest BCUT2D eigenvalue weighted by molar-refractivity contribution is 5.76. The van der Waals surface area contributed by atoms with Crippen molar-refractivity contribution >= 4 is 5.91 Å². The third-order valence-corrected chi connectivity index (χ3v) is 2.62. The number of amides is 1. The van der Waals surface area contributed by atoms with E-state index in [2.05, 4.69) is 10.8 Å². The SMILES string of the molecule is O=C1C[C@H](C2CCNCC2)ON1. The molecule has 4 heteroatoms. The van der Waals surface area contributed by atoms with Crippen LogP contribution in [0.4, 0.5) is 0 Å². The minimum Gasteiger partial charge on any atom is -0.317 e. The van der Waals surface area contributed by atoms with Crippen LogP contribution in [0.3, 0.4) is 0 Å². The lowest BCUT2D eigenvalue weighted by atomic mass is 9.91. The number of carbonyl (C=O) groups is 1. The van der Waals surface area contributed by atoms with E-state index in [1.54, 1.807) is 0 Å². The number of piperidine rings is 1. The zero-order valence-electron chi connectivity index (χ0n) is 7.01. The molecule has 0 saturated carbocycles. The summed E-state index contributed by atoms with van der Waals surface area (Å²) in [6.45, 7) is 2.11. The van der Waals surface area contributed by atoms with Crippen LogP contribution in [-0.4, -0.2) is 25.1 Å². The highest BCUT2D eigenvalue weighted by Crippen LogP contribution is 2.23. The summed E-state index contributed by atoms with van der Waals surface area (Å²) in [6, 6.07) is 0. The third kappa shape index (κ3) is 1.59. The summed E-state index contributed by atoms with van der Waals surface area (Å²) in [5.74, 6) is 0.587. The first-order valence-corrected chi connectivity index (χ1v) is 4.51. The van der Waals surface area contributed by atoms with Crippen LogP contribution >= 0.6 is 0 Å². The summed E-state index contributed by atoms with van der Waals surface area (Å²) in [7, 11) is 0. The molecule has 0 aromatic heterocycles. The van der Waals surface area contributed by atoms with Gasteiger partial charge >= 0.3 is 0 Å². The molecule has 0 aromatic rings. The fraction of sp³-hybridized carbons (Fsp3) is 0.875. The Labute approximate surface area is 71.6 Å². The molecule has 2 saturated heterocycles. The summed E-state index contributed by atoms with van der Waals surface area (Å²) < 4.78 is 0. The second kappa shape index (κ2) is 3.41. The molecule has 0 aromatic carbocycles. The van der Waals surface area contributed by atoms with E-state index in [4.69, 9.17) is 4.84 Å². The molecule has 2 fully saturated rings. The van der Waals surface area contributed by atoms with E-state index in [-0.39, 0.29) is 12.0 Å². The van der Waals surface area contributed by atoms with Crippen molar-refractivity contribution in [2.24, 2.45) is 5.92 Å². The Kier molecular flexibility index (Phi) is 2.28. The molecule has 68 valence electrons. The monoisotopic (exact) mass is 170 g/mol. The van der Waals surface area contributed by atoms with Crippen LogP contribution in [0.25, 0.3) is 0 Å². The number of hydrogen-bond donors (Lipinski definition) is 2. The summed E-state index contributed by atoms with van der Waals surface area (Å²) in [6.07, 6.45) is 2.92. The average molecular weight is 170 g/mol. The molecule has 2 heterocycles. The van der Waals surface area contributed by atoms with Crippen LogP contribution in [0.5, 0.6) is 0 Å². The van der Waals surface area contributed by atoms with Gasteiger partial charge in [0, 0.05) is 0 Å². The van der Waals surface area contributed by atoms with Gasteiger partial charge in [-0.05, 0) is 31.8 Å². The summed E-state index contributed by atoms with van der Waals surface area (Å²) in [4.78, 5) is 16.0. The van der Waals surface area contributed by atoms with Crippen LogP contribution in [0, 0.1) is 5.92 Å². The molecule has 0 unspecified atom stereocenters. The molecule has 0 bridgehead atoms. The van der Waals surface area contributed by atoms with Crippen molar-refractivity contribution in [2.45, 2.75) is 25.4 Å². The molecule has 2 N–H and O–H groups in total. The van der Waals surface area contributed by atoms with Gasteiger partial charge in [0.15, 0.2) is 0 Å². The van der Waals surface area contributed by atoms with Crippen molar-refractivity contribution in [1.82, 2.24) is 10.8 Å². The molecule has 1 atom stereocenters. The molecule has 12 heavy (non-hydrogen) atoms. The number of hydroxylamine groups is 1. The van der Waals surface area contributed by atoms with Crippen molar-refractivity contribution < 1.29 is 9.63 Å². The molecule has 1 amide bonds. The van der Waals surface area contributed by atoms with Crippen molar-refractivity contribution in [3.63, 3.8) is 0 Å². The van der Waals surface area contributed by atoms with Gasteiger partial charge in [-0.15, -0.1) is 0 Å². The van der Waals surface area contributed by atoms with Gasteiger partial charge in [-0.25, -0.2) is 5.48 Å². The zero-order chi connectivity index (χ0) is 8.39. The molecule has 4 nitrogen and oxygen atoms in total. The molecule has 2 aliphatic rings. The van der Waals surface area contributed by atoms with Crippen molar-refractivity contribution in [2.75, 3.05) is 13.1 Å². The Morgan fingerprint density at radius 3 is 2.67 bits per heavy atom. The van der Waals surface area contributed by atoms with Crippen LogP contribution in [0.2, 0.25) is 0 Å². The van der Waals surface area contributed by atoms with Crippen LogP contribution in [0.1, 0.15) is 19.3 Å². The molecule has 2 aliphatic heterocycles. The highest BCUT2D eigenvalue weighted by Gasteiger charge is 2.31. The van der Waals surface area contributed by atoms with Gasteiger partial charge in [-0.1, -0.05) is 0 Å². The summed E-state index contributed by atoms with van der Waals surface area (Å²) in [5.41, 5.74) is 2.41. The number of hydrogen-bond acceptors (Lipinski definition) is 3. The molecule has 0 spiro atoms. The fourth-order valence-electron chi connectivity index (χ4n) is 1.89. The highest BCUT2D eigenvalue weighted by atomic mass is 16.7. The van der Waals surface area contributed by atoms with Crippen LogP contribution in [-0.2, 0) is 9.63 Å². The largest absolute Gasteiger partial charge is 0.317 e. The first-order chi connectivity index (χ1) is 5.86. The lowest BCUT2D eigenvalue weighted by Crippen LogP contribution is -2.34. The Balaban J connectivity index is 1.86. The number of carbonyl (C=O) groups excluding carboxylic acids is 1. The van der Waals surface area contributed by atoms with E-state index in [1.807, 2.05) is 0 Å². The maximum absolute atomic E-state index is 10.8. The first-order valence-electron chi connectivity index (χ1n) is 4.51. The van der Waals surface area contributed by atoms with E-state index in [0.717, 1.165) is 25.9 Å². The van der Waals surface area contributed by atoms with Gasteiger partial charge in [0.2, 0.25) is 5.91 Å². The minimum atomic E-state index is 0.0264. The maximum Gasteiger partial charge on any atom is 0.246 e. The van der Waals surface area contributed by atoms with Gasteiger partial charge in [-0.2, -0.15) is 0 Å². The number of nitrogens with one attached hydrogen (secondary N) is 2. The molecule has 2 rings (SSSR count). The Bertz CT molecular complexity index is 178. The lowest BCUT2D eigenvalue weighted by Gasteiger charge is -2.25. The van der Waals surface area contributed by atoms with Gasteiger partial charge < -0.3 is 5.32 Å². The quantitative estimate of drug-likeness (QED) is 0.573. The predicted octanol–water partition coefficient (Wildman–Crippen LogP) is -0.194. The van der Waals surface area contributed by atoms with Crippen LogP contribution in [0.15, 0.2) is 0 Å². The molecular formula is C8H14N2O2. The smallest absolute Gasteiger partial charge is 0.246 e. The number of rotatable bonds is 1. The normalized spacial score (nSPS) is 32.0. The fourth-order valence-corrected chi connectivity index (χ4v) is 1.89. The Hall–Kier alpha value is -0.610. The third-order valence-electron chi connectivity index (χ3n) is 2.62. The minimum absolute atomic E-state index is 0.0264. The zero-order valence-corrected chi connectivity index (χ0v) is 7.01. The van der Waals surface area contributed by atoms with Crippen molar-refractivity contribution in [3.8, 4) is 0 Å². The van der Waals surface area contributed by atoms with E-state index in [9.17, 15) is 4.79 Å². The standard InChI is InChI=1S/C8H14N2O2/c11-8-5-7(12-10-8)6-1-3-9-4-2-6/h6-7,9H,1-5H2,(H,10,11)/t7-/m1/s1. The topological polar surface area (TPSA) is 50.4 Å². The molecule has 0 aliphatic carbocycles. The molecule has 0 radical (unpaired) electrons. The van der Waals surface area contributed by atoms with Crippen molar-refractivity contribution in [1.29, 1.82) is 0 Å². The first kappa shape index (κ1) is 8.01. The van der Waals surface area contributed by atoms with E-state index in [0.29, 0.717) is 12.3 Å². The van der Waals surface area contributed by atoms with Gasteiger partial charge in [0.1, 0.15) is 0 Å².